The Hall–Kier alpha value is -2.44. The second-order valence-corrected chi connectivity index (χ2v) is 9.24. The molecule has 1 atom stereocenters. The van der Waals surface area contributed by atoms with Crippen molar-refractivity contribution in [3.8, 4) is 0 Å². The number of aryl methyl sites for hydroxylation is 1. The minimum absolute atomic E-state index is 0.155. The monoisotopic (exact) mass is 407 g/mol. The van der Waals surface area contributed by atoms with Crippen LogP contribution in [-0.2, 0) is 6.54 Å². The quantitative estimate of drug-likeness (QED) is 0.448. The normalized spacial score (nSPS) is 16.9. The molecule has 28 heavy (non-hydrogen) atoms. The number of hydrogen-bond acceptors (Lipinski definition) is 4. The van der Waals surface area contributed by atoms with Crippen molar-refractivity contribution >= 4 is 38.8 Å². The first-order valence-electron chi connectivity index (χ1n) is 9.56. The Kier molecular flexibility index (Phi) is 4.53. The van der Waals surface area contributed by atoms with Crippen LogP contribution in [0.3, 0.4) is 0 Å². The number of hydrogen-bond donors (Lipinski definition) is 0. The van der Waals surface area contributed by atoms with Crippen molar-refractivity contribution < 1.29 is 4.79 Å². The highest BCUT2D eigenvalue weighted by atomic mass is 32.1. The molecule has 1 aromatic carbocycles. The fraction of sp³-hybridized carbons (Fsp3) is 0.273. The zero-order chi connectivity index (χ0) is 19.1. The molecule has 142 valence electrons. The summed E-state index contributed by atoms with van der Waals surface area (Å²) < 4.78 is 2.03. The molecule has 3 aromatic heterocycles. The fourth-order valence-electron chi connectivity index (χ4n) is 4.01. The van der Waals surface area contributed by atoms with Crippen molar-refractivity contribution in [3.05, 3.63) is 74.9 Å². The van der Waals surface area contributed by atoms with Crippen LogP contribution in [0, 0.1) is 6.92 Å². The summed E-state index contributed by atoms with van der Waals surface area (Å²) in [4.78, 5) is 18.6. The zero-order valence-electron chi connectivity index (χ0n) is 15.7. The molecular weight excluding hydrogens is 386 g/mol. The van der Waals surface area contributed by atoms with Crippen LogP contribution in [-0.4, -0.2) is 27.1 Å². The number of carbonyl (C=O) groups excluding carboxylic acids is 1. The number of benzene rings is 1. The summed E-state index contributed by atoms with van der Waals surface area (Å²) in [6, 6.07) is 16.8. The molecule has 1 aliphatic heterocycles. The molecule has 6 heteroatoms. The van der Waals surface area contributed by atoms with Crippen LogP contribution < -0.4 is 0 Å². The van der Waals surface area contributed by atoms with E-state index in [0.717, 1.165) is 46.7 Å². The minimum Gasteiger partial charge on any atom is -0.330 e. The Balaban J connectivity index is 1.46. The number of likely N-dealkylation sites (tertiary alicyclic amines) is 1. The van der Waals surface area contributed by atoms with Gasteiger partial charge in [0.15, 0.2) is 0 Å². The number of amides is 1. The fourth-order valence-corrected chi connectivity index (χ4v) is 6.00. The lowest BCUT2D eigenvalue weighted by molar-refractivity contribution is 0.0743. The van der Waals surface area contributed by atoms with Crippen molar-refractivity contribution in [2.75, 3.05) is 6.54 Å². The second-order valence-electron chi connectivity index (χ2n) is 7.23. The van der Waals surface area contributed by atoms with Gasteiger partial charge in [0, 0.05) is 16.8 Å². The molecule has 4 heterocycles. The number of fused-ring (bicyclic) bond motifs is 1. The van der Waals surface area contributed by atoms with E-state index in [-0.39, 0.29) is 11.9 Å². The van der Waals surface area contributed by atoms with Crippen LogP contribution in [0.5, 0.6) is 0 Å². The molecule has 0 N–H and O–H groups in total. The summed E-state index contributed by atoms with van der Waals surface area (Å²) in [5.41, 5.74) is 2.20. The summed E-state index contributed by atoms with van der Waals surface area (Å²) in [5, 5.41) is 7.89. The molecule has 1 fully saturated rings. The lowest BCUT2D eigenvalue weighted by Crippen LogP contribution is -2.29. The average molecular weight is 408 g/mol. The molecule has 0 bridgehead atoms. The molecular formula is C22H21N3OS2. The Morgan fingerprint density at radius 1 is 1.21 bits per heavy atom. The van der Waals surface area contributed by atoms with Gasteiger partial charge in [-0.3, -0.25) is 9.48 Å². The van der Waals surface area contributed by atoms with E-state index in [1.54, 1.807) is 22.7 Å². The molecule has 1 aliphatic rings. The maximum absolute atomic E-state index is 13.3. The maximum atomic E-state index is 13.3. The van der Waals surface area contributed by atoms with Crippen molar-refractivity contribution in [3.63, 3.8) is 0 Å². The van der Waals surface area contributed by atoms with Gasteiger partial charge in [0.2, 0.25) is 0 Å². The molecule has 0 spiro atoms. The number of aromatic nitrogens is 2. The topological polar surface area (TPSA) is 38.1 Å². The van der Waals surface area contributed by atoms with Gasteiger partial charge >= 0.3 is 0 Å². The van der Waals surface area contributed by atoms with Crippen molar-refractivity contribution in [2.24, 2.45) is 0 Å². The average Bonchev–Trinajstić information content (AvgIpc) is 3.49. The van der Waals surface area contributed by atoms with Crippen LogP contribution >= 0.6 is 22.7 Å². The van der Waals surface area contributed by atoms with Gasteiger partial charge in [0.1, 0.15) is 4.83 Å². The van der Waals surface area contributed by atoms with Gasteiger partial charge in [-0.1, -0.05) is 36.4 Å². The lowest BCUT2D eigenvalue weighted by Gasteiger charge is -2.23. The van der Waals surface area contributed by atoms with Gasteiger partial charge in [-0.15, -0.1) is 22.7 Å². The predicted octanol–water partition coefficient (Wildman–Crippen LogP) is 5.49. The molecule has 1 saturated heterocycles. The SMILES string of the molecule is Cc1nn(Cc2ccccc2)c2sc(C(=O)N3CCCC3c3cccs3)cc12. The summed E-state index contributed by atoms with van der Waals surface area (Å²) in [6.45, 7) is 3.58. The largest absolute Gasteiger partial charge is 0.330 e. The highest BCUT2D eigenvalue weighted by molar-refractivity contribution is 7.20. The highest BCUT2D eigenvalue weighted by Gasteiger charge is 2.32. The van der Waals surface area contributed by atoms with E-state index in [1.165, 1.54) is 10.4 Å². The van der Waals surface area contributed by atoms with E-state index >= 15 is 0 Å². The molecule has 0 radical (unpaired) electrons. The number of carbonyl (C=O) groups is 1. The van der Waals surface area contributed by atoms with Crippen LogP contribution in [0.1, 0.15) is 44.7 Å². The third kappa shape index (κ3) is 3.06. The second kappa shape index (κ2) is 7.18. The van der Waals surface area contributed by atoms with E-state index in [4.69, 9.17) is 5.10 Å². The van der Waals surface area contributed by atoms with Crippen molar-refractivity contribution in [2.45, 2.75) is 32.4 Å². The Labute approximate surface area is 172 Å². The summed E-state index contributed by atoms with van der Waals surface area (Å²) in [5.74, 6) is 0.155. The lowest BCUT2D eigenvalue weighted by atomic mass is 10.2. The van der Waals surface area contributed by atoms with E-state index in [9.17, 15) is 4.79 Å². The molecule has 4 aromatic rings. The van der Waals surface area contributed by atoms with Crippen LogP contribution in [0.15, 0.2) is 53.9 Å². The van der Waals surface area contributed by atoms with E-state index in [2.05, 4.69) is 34.5 Å². The first kappa shape index (κ1) is 17.6. The molecule has 0 aliphatic carbocycles. The van der Waals surface area contributed by atoms with Gasteiger partial charge in [-0.05, 0) is 42.8 Å². The number of nitrogens with zero attached hydrogens (tertiary/aromatic N) is 3. The summed E-state index contributed by atoms with van der Waals surface area (Å²) in [7, 11) is 0. The van der Waals surface area contributed by atoms with Gasteiger partial charge in [-0.2, -0.15) is 5.10 Å². The van der Waals surface area contributed by atoms with Crippen LogP contribution in [0.4, 0.5) is 0 Å². The number of thiophene rings is 2. The predicted molar refractivity (Wildman–Crippen MR) is 115 cm³/mol. The zero-order valence-corrected chi connectivity index (χ0v) is 17.3. The molecule has 4 nitrogen and oxygen atoms in total. The molecule has 1 amide bonds. The first-order valence-corrected chi connectivity index (χ1v) is 11.3. The Bertz CT molecular complexity index is 1110. The van der Waals surface area contributed by atoms with E-state index in [0.29, 0.717) is 0 Å². The van der Waals surface area contributed by atoms with Crippen molar-refractivity contribution in [1.29, 1.82) is 0 Å². The first-order chi connectivity index (χ1) is 13.7. The summed E-state index contributed by atoms with van der Waals surface area (Å²) in [6.07, 6.45) is 2.12. The van der Waals surface area contributed by atoms with E-state index in [1.807, 2.05) is 35.9 Å². The third-order valence-electron chi connectivity index (χ3n) is 5.38. The minimum atomic E-state index is 0.155. The Morgan fingerprint density at radius 3 is 2.86 bits per heavy atom. The van der Waals surface area contributed by atoms with Gasteiger partial charge < -0.3 is 4.90 Å². The molecule has 1 unspecified atom stereocenters. The maximum Gasteiger partial charge on any atom is 0.264 e. The standard InChI is InChI=1S/C22H21N3OS2/c1-15-17-13-20(21(26)24-11-5-9-18(24)19-10-6-12-27-19)28-22(17)25(23-15)14-16-7-3-2-4-8-16/h2-4,6-8,10,12-13,18H,5,9,11,14H2,1H3. The van der Waals surface area contributed by atoms with Crippen molar-refractivity contribution in [1.82, 2.24) is 14.7 Å². The summed E-state index contributed by atoms with van der Waals surface area (Å²) >= 11 is 3.32. The van der Waals surface area contributed by atoms with Gasteiger partial charge in [0.05, 0.1) is 23.2 Å². The highest BCUT2D eigenvalue weighted by Crippen LogP contribution is 2.37. The number of rotatable bonds is 4. The van der Waals surface area contributed by atoms with Gasteiger partial charge in [-0.25, -0.2) is 0 Å². The smallest absolute Gasteiger partial charge is 0.264 e. The molecule has 0 saturated carbocycles. The molecule has 5 rings (SSSR count). The van der Waals surface area contributed by atoms with Crippen LogP contribution in [0.25, 0.3) is 10.2 Å². The Morgan fingerprint density at radius 2 is 2.07 bits per heavy atom. The van der Waals surface area contributed by atoms with Gasteiger partial charge in [0.25, 0.3) is 5.91 Å². The third-order valence-corrected chi connectivity index (χ3v) is 7.49. The van der Waals surface area contributed by atoms with Crippen LogP contribution in [0.2, 0.25) is 0 Å². The van der Waals surface area contributed by atoms with E-state index < -0.39 is 0 Å².